The number of thioether (sulfide) groups is 1. The second-order valence-corrected chi connectivity index (χ2v) is 5.83. The van der Waals surface area contributed by atoms with Gasteiger partial charge in [0, 0.05) is 22.2 Å². The van der Waals surface area contributed by atoms with Crippen LogP contribution in [-0.4, -0.2) is 15.8 Å². The number of aliphatic hydroxyl groups excluding tert-OH is 1. The molecule has 0 spiro atoms. The third kappa shape index (κ3) is 3.40. The van der Waals surface area contributed by atoms with Gasteiger partial charge in [0.25, 0.3) is 0 Å². The van der Waals surface area contributed by atoms with Crippen LogP contribution in [0.15, 0.2) is 65.7 Å². The number of aromatic nitrogens is 1. The molecule has 0 bridgehead atoms. The molecule has 0 fully saturated rings. The van der Waals surface area contributed by atoms with E-state index in [4.69, 9.17) is 0 Å². The Hall–Kier alpha value is -1.91. The summed E-state index contributed by atoms with van der Waals surface area (Å²) in [5.74, 6) is 0.214. The van der Waals surface area contributed by atoms with E-state index < -0.39 is 6.10 Å². The van der Waals surface area contributed by atoms with Crippen molar-refractivity contribution in [3.05, 3.63) is 72.2 Å². The van der Waals surface area contributed by atoms with Crippen molar-refractivity contribution in [1.82, 2.24) is 4.98 Å². The minimum absolute atomic E-state index is 0.260. The Morgan fingerprint density at radius 3 is 2.86 bits per heavy atom. The molecule has 3 aromatic rings. The molecule has 1 N–H and O–H groups in total. The number of rotatable bonds is 4. The van der Waals surface area contributed by atoms with Crippen molar-refractivity contribution in [2.75, 3.05) is 5.75 Å². The van der Waals surface area contributed by atoms with Crippen LogP contribution in [0.2, 0.25) is 0 Å². The lowest BCUT2D eigenvalue weighted by atomic mass is 10.1. The first kappa shape index (κ1) is 14.0. The molecule has 1 atom stereocenters. The zero-order chi connectivity index (χ0) is 14.7. The average molecular weight is 299 g/mol. The quantitative estimate of drug-likeness (QED) is 0.733. The van der Waals surface area contributed by atoms with Gasteiger partial charge in [-0.05, 0) is 35.9 Å². The third-order valence-corrected chi connectivity index (χ3v) is 4.29. The number of halogens is 1. The fourth-order valence-electron chi connectivity index (χ4n) is 2.12. The van der Waals surface area contributed by atoms with Crippen molar-refractivity contribution in [3.8, 4) is 0 Å². The predicted molar refractivity (Wildman–Crippen MR) is 83.8 cm³/mol. The van der Waals surface area contributed by atoms with E-state index in [2.05, 4.69) is 4.98 Å². The van der Waals surface area contributed by atoms with Crippen LogP contribution in [0, 0.1) is 5.82 Å². The highest BCUT2D eigenvalue weighted by atomic mass is 32.2. The number of hydrogen-bond donors (Lipinski definition) is 1. The fraction of sp³-hybridized carbons (Fsp3) is 0.118. The topological polar surface area (TPSA) is 33.1 Å². The zero-order valence-electron chi connectivity index (χ0n) is 11.2. The molecule has 0 radical (unpaired) electrons. The summed E-state index contributed by atoms with van der Waals surface area (Å²) in [6.45, 7) is 0. The molecule has 0 aliphatic carbocycles. The van der Waals surface area contributed by atoms with Crippen molar-refractivity contribution in [3.63, 3.8) is 0 Å². The lowest BCUT2D eigenvalue weighted by molar-refractivity contribution is 0.204. The summed E-state index contributed by atoms with van der Waals surface area (Å²) in [5, 5.41) is 11.3. The van der Waals surface area contributed by atoms with Crippen LogP contribution in [0.5, 0.6) is 0 Å². The van der Waals surface area contributed by atoms with Crippen molar-refractivity contribution in [2.24, 2.45) is 0 Å². The Labute approximate surface area is 126 Å². The van der Waals surface area contributed by atoms with E-state index in [-0.39, 0.29) is 5.82 Å². The molecule has 106 valence electrons. The maximum absolute atomic E-state index is 13.1. The molecule has 2 aromatic carbocycles. The van der Waals surface area contributed by atoms with Crippen LogP contribution in [0.3, 0.4) is 0 Å². The molecule has 0 amide bonds. The molecule has 0 aliphatic heterocycles. The molecule has 1 aromatic heterocycles. The summed E-state index contributed by atoms with van der Waals surface area (Å²) in [6.07, 6.45) is 1.13. The molecule has 3 rings (SSSR count). The van der Waals surface area contributed by atoms with Crippen LogP contribution in [-0.2, 0) is 0 Å². The summed E-state index contributed by atoms with van der Waals surface area (Å²) >= 11 is 1.43. The molecule has 0 saturated carbocycles. The van der Waals surface area contributed by atoms with Gasteiger partial charge in [-0.25, -0.2) is 4.39 Å². The van der Waals surface area contributed by atoms with Crippen molar-refractivity contribution in [1.29, 1.82) is 0 Å². The predicted octanol–water partition coefficient (Wildman–Crippen LogP) is 4.20. The first-order valence-corrected chi connectivity index (χ1v) is 7.62. The van der Waals surface area contributed by atoms with Gasteiger partial charge in [-0.15, -0.1) is 11.8 Å². The first-order chi connectivity index (χ1) is 10.2. The normalized spacial score (nSPS) is 12.5. The van der Waals surface area contributed by atoms with E-state index in [1.165, 1.54) is 23.9 Å². The Balaban J connectivity index is 1.73. The van der Waals surface area contributed by atoms with Crippen molar-refractivity contribution >= 4 is 22.7 Å². The van der Waals surface area contributed by atoms with Crippen LogP contribution in [0.1, 0.15) is 11.7 Å². The number of nitrogens with zero attached hydrogens (tertiary/aromatic N) is 1. The number of fused-ring (bicyclic) bond motifs is 1. The second kappa shape index (κ2) is 6.24. The monoisotopic (exact) mass is 299 g/mol. The molecule has 1 unspecified atom stereocenters. The van der Waals surface area contributed by atoms with Gasteiger partial charge in [0.05, 0.1) is 11.6 Å². The highest BCUT2D eigenvalue weighted by Crippen LogP contribution is 2.26. The van der Waals surface area contributed by atoms with Gasteiger partial charge >= 0.3 is 0 Å². The molecule has 2 nitrogen and oxygen atoms in total. The zero-order valence-corrected chi connectivity index (χ0v) is 12.1. The summed E-state index contributed by atoms with van der Waals surface area (Å²) in [7, 11) is 0. The first-order valence-electron chi connectivity index (χ1n) is 6.63. The Bertz CT molecular complexity index is 762. The maximum Gasteiger partial charge on any atom is 0.124 e. The highest BCUT2D eigenvalue weighted by molar-refractivity contribution is 7.99. The lowest BCUT2D eigenvalue weighted by Gasteiger charge is -2.11. The SMILES string of the molecule is OC(CSc1cccc(F)c1)c1ccc2cccnc2c1. The van der Waals surface area contributed by atoms with Gasteiger partial charge in [0.15, 0.2) is 0 Å². The standard InChI is InChI=1S/C17H14FNOS/c18-14-4-1-5-15(10-14)21-11-17(20)13-7-6-12-3-2-8-19-16(12)9-13/h1-10,17,20H,11H2. The summed E-state index contributed by atoms with van der Waals surface area (Å²) in [6, 6.07) is 16.0. The van der Waals surface area contributed by atoms with Gasteiger partial charge in [0.2, 0.25) is 0 Å². The van der Waals surface area contributed by atoms with Crippen LogP contribution in [0.4, 0.5) is 4.39 Å². The summed E-state index contributed by atoms with van der Waals surface area (Å²) in [4.78, 5) is 5.10. The minimum Gasteiger partial charge on any atom is -0.388 e. The van der Waals surface area contributed by atoms with Gasteiger partial charge in [-0.1, -0.05) is 24.3 Å². The highest BCUT2D eigenvalue weighted by Gasteiger charge is 2.09. The minimum atomic E-state index is -0.607. The average Bonchev–Trinajstić information content (AvgIpc) is 2.52. The summed E-state index contributed by atoms with van der Waals surface area (Å²) < 4.78 is 13.1. The van der Waals surface area contributed by atoms with Gasteiger partial charge in [0.1, 0.15) is 5.82 Å². The molecule has 21 heavy (non-hydrogen) atoms. The molecule has 4 heteroatoms. The largest absolute Gasteiger partial charge is 0.388 e. The van der Waals surface area contributed by atoms with E-state index in [9.17, 15) is 9.50 Å². The lowest BCUT2D eigenvalue weighted by Crippen LogP contribution is -2.00. The Morgan fingerprint density at radius 1 is 1.10 bits per heavy atom. The van der Waals surface area contributed by atoms with Gasteiger partial charge < -0.3 is 5.11 Å². The van der Waals surface area contributed by atoms with Gasteiger partial charge in [-0.2, -0.15) is 0 Å². The van der Waals surface area contributed by atoms with E-state index in [0.717, 1.165) is 21.4 Å². The second-order valence-electron chi connectivity index (χ2n) is 4.74. The van der Waals surface area contributed by atoms with Gasteiger partial charge in [-0.3, -0.25) is 4.98 Å². The maximum atomic E-state index is 13.1. The smallest absolute Gasteiger partial charge is 0.124 e. The van der Waals surface area contributed by atoms with E-state index in [0.29, 0.717) is 5.75 Å². The van der Waals surface area contributed by atoms with Crippen LogP contribution >= 0.6 is 11.8 Å². The van der Waals surface area contributed by atoms with Crippen LogP contribution in [0.25, 0.3) is 10.9 Å². The molecule has 1 heterocycles. The Morgan fingerprint density at radius 2 is 2.00 bits per heavy atom. The summed E-state index contributed by atoms with van der Waals surface area (Å²) in [5.41, 5.74) is 1.69. The molecular weight excluding hydrogens is 285 g/mol. The van der Waals surface area contributed by atoms with E-state index in [1.807, 2.05) is 36.4 Å². The molecule has 0 saturated heterocycles. The third-order valence-electron chi connectivity index (χ3n) is 3.22. The molecule has 0 aliphatic rings. The number of aliphatic hydroxyl groups is 1. The Kier molecular flexibility index (Phi) is 4.18. The van der Waals surface area contributed by atoms with Crippen molar-refractivity contribution in [2.45, 2.75) is 11.0 Å². The number of benzene rings is 2. The van der Waals surface area contributed by atoms with Crippen LogP contribution < -0.4 is 0 Å². The fourth-order valence-corrected chi connectivity index (χ4v) is 3.03. The number of pyridine rings is 1. The molecular formula is C17H14FNOS. The number of hydrogen-bond acceptors (Lipinski definition) is 3. The van der Waals surface area contributed by atoms with E-state index >= 15 is 0 Å². The van der Waals surface area contributed by atoms with E-state index in [1.54, 1.807) is 12.3 Å². The van der Waals surface area contributed by atoms with Crippen molar-refractivity contribution < 1.29 is 9.50 Å².